The summed E-state index contributed by atoms with van der Waals surface area (Å²) in [4.78, 5) is 2.82. The molecular weight excluding hydrogens is 130 g/mol. The molecule has 1 unspecified atom stereocenters. The minimum atomic E-state index is 0.0289. The second-order valence-electron chi connectivity index (χ2n) is 2.30. The Hall–Kier alpha value is -0.840. The van der Waals surface area contributed by atoms with E-state index in [1.807, 2.05) is 0 Å². The first-order valence-corrected chi connectivity index (χ1v) is 3.06. The van der Waals surface area contributed by atoms with E-state index in [4.69, 9.17) is 0 Å². The van der Waals surface area contributed by atoms with Crippen LogP contribution in [0.25, 0.3) is 0 Å². The first-order chi connectivity index (χ1) is 4.72. The van der Waals surface area contributed by atoms with E-state index in [1.165, 1.54) is 0 Å². The quantitative estimate of drug-likeness (QED) is 0.546. The van der Waals surface area contributed by atoms with E-state index in [0.717, 1.165) is 0 Å². The fourth-order valence-corrected chi connectivity index (χ4v) is 0.715. The Bertz CT molecular complexity index is 183. The number of aromatic amines is 1. The molecule has 56 valence electrons. The lowest BCUT2D eigenvalue weighted by Crippen LogP contribution is -3.08. The van der Waals surface area contributed by atoms with Crippen molar-refractivity contribution in [3.05, 3.63) is 23.7 Å². The molecule has 0 aliphatic rings. The molecule has 4 nitrogen and oxygen atoms in total. The molecule has 1 aromatic heterocycles. The molecule has 10 heavy (non-hydrogen) atoms. The zero-order chi connectivity index (χ0) is 7.56. The molecule has 0 bridgehead atoms. The maximum Gasteiger partial charge on any atom is 0.168 e. The maximum absolute atomic E-state index is 11.1. The minimum Gasteiger partial charge on any atom is -0.608 e. The van der Waals surface area contributed by atoms with Gasteiger partial charge in [0.15, 0.2) is 5.69 Å². The molecule has 0 saturated carbocycles. The molecule has 0 saturated heterocycles. The predicted octanol–water partition coefficient (Wildman–Crippen LogP) is -0.494. The fraction of sp³-hybridized carbons (Fsp3) is 0.333. The zero-order valence-corrected chi connectivity index (χ0v) is 6.09. The summed E-state index contributed by atoms with van der Waals surface area (Å²) in [7, 11) is 3.46. The average molecular weight is 141 g/mol. The Morgan fingerprint density at radius 1 is 1.60 bits per heavy atom. The van der Waals surface area contributed by atoms with Gasteiger partial charge >= 0.3 is 0 Å². The zero-order valence-electron chi connectivity index (χ0n) is 6.09. The Morgan fingerprint density at radius 2 is 2.30 bits per heavy atom. The maximum atomic E-state index is 11.1. The Morgan fingerprint density at radius 3 is 2.70 bits per heavy atom. The first-order valence-electron chi connectivity index (χ1n) is 3.06. The highest BCUT2D eigenvalue weighted by Crippen LogP contribution is 1.94. The summed E-state index contributed by atoms with van der Waals surface area (Å²) < 4.78 is 0. The summed E-state index contributed by atoms with van der Waals surface area (Å²) >= 11 is 0. The number of aromatic nitrogens is 1. The third-order valence-electron chi connectivity index (χ3n) is 1.25. The largest absolute Gasteiger partial charge is 0.608 e. The molecule has 0 amide bonds. The van der Waals surface area contributed by atoms with Crippen LogP contribution in [0.1, 0.15) is 0 Å². The van der Waals surface area contributed by atoms with Crippen molar-refractivity contribution in [3.8, 4) is 0 Å². The van der Waals surface area contributed by atoms with Crippen molar-refractivity contribution in [1.29, 1.82) is 0 Å². The van der Waals surface area contributed by atoms with Gasteiger partial charge < -0.3 is 10.2 Å². The molecule has 0 aliphatic heterocycles. The summed E-state index contributed by atoms with van der Waals surface area (Å²) in [6, 6.07) is 1.75. The summed E-state index contributed by atoms with van der Waals surface area (Å²) in [5.41, 5.74) is 0.699. The van der Waals surface area contributed by atoms with Gasteiger partial charge in [0, 0.05) is 26.4 Å². The van der Waals surface area contributed by atoms with Crippen LogP contribution in [0, 0.1) is 5.21 Å². The van der Waals surface area contributed by atoms with E-state index in [1.54, 1.807) is 37.6 Å². The first kappa shape index (κ1) is 7.27. The highest BCUT2D eigenvalue weighted by atomic mass is 16.5. The van der Waals surface area contributed by atoms with Crippen LogP contribution in [0.15, 0.2) is 18.5 Å². The van der Waals surface area contributed by atoms with Crippen molar-refractivity contribution in [1.82, 2.24) is 9.99 Å². The van der Waals surface area contributed by atoms with Crippen LogP contribution in [0.2, 0.25) is 0 Å². The van der Waals surface area contributed by atoms with Crippen molar-refractivity contribution >= 4 is 5.69 Å². The summed E-state index contributed by atoms with van der Waals surface area (Å²) in [6.45, 7) is 0. The Kier molecular flexibility index (Phi) is 2.06. The van der Waals surface area contributed by atoms with Gasteiger partial charge in [-0.1, -0.05) is 0 Å². The predicted molar refractivity (Wildman–Crippen MR) is 38.5 cm³/mol. The highest BCUT2D eigenvalue weighted by Gasteiger charge is 2.03. The van der Waals surface area contributed by atoms with Gasteiger partial charge in [-0.05, 0) is 0 Å². The van der Waals surface area contributed by atoms with E-state index in [0.29, 0.717) is 5.69 Å². The number of nitrogens with one attached hydrogen (secondary N) is 2. The van der Waals surface area contributed by atoms with Gasteiger partial charge in [-0.2, -0.15) is 5.01 Å². The summed E-state index contributed by atoms with van der Waals surface area (Å²) in [5, 5.41) is 12.7. The van der Waals surface area contributed by atoms with Crippen molar-refractivity contribution in [2.24, 2.45) is 0 Å². The van der Waals surface area contributed by atoms with Crippen LogP contribution in [-0.4, -0.2) is 24.1 Å². The smallest absolute Gasteiger partial charge is 0.168 e. The molecule has 0 spiro atoms. The van der Waals surface area contributed by atoms with Gasteiger partial charge in [0.25, 0.3) is 0 Å². The van der Waals surface area contributed by atoms with E-state index in [2.05, 4.69) is 4.98 Å². The molecule has 0 aromatic carbocycles. The van der Waals surface area contributed by atoms with E-state index >= 15 is 0 Å². The lowest BCUT2D eigenvalue weighted by molar-refractivity contribution is -0.904. The number of hydrogen-bond acceptors (Lipinski definition) is 2. The van der Waals surface area contributed by atoms with Crippen LogP contribution in [-0.2, 0) is 0 Å². The monoisotopic (exact) mass is 141 g/mol. The average Bonchev–Trinajstić information content (AvgIpc) is 2.36. The van der Waals surface area contributed by atoms with Crippen LogP contribution >= 0.6 is 0 Å². The summed E-state index contributed by atoms with van der Waals surface area (Å²) in [5.74, 6) is 0. The number of quaternary nitrogens is 1. The van der Waals surface area contributed by atoms with Crippen LogP contribution in [0.5, 0.6) is 0 Å². The van der Waals surface area contributed by atoms with Crippen LogP contribution in [0.3, 0.4) is 0 Å². The number of rotatable bonds is 2. The molecular formula is C6H11N3O. The highest BCUT2D eigenvalue weighted by molar-refractivity contribution is 5.23. The van der Waals surface area contributed by atoms with Gasteiger partial charge in [-0.15, -0.1) is 0 Å². The van der Waals surface area contributed by atoms with Gasteiger partial charge in [-0.3, -0.25) is 5.17 Å². The Balaban J connectivity index is 2.68. The normalized spacial score (nSPS) is 14.0. The van der Waals surface area contributed by atoms with Gasteiger partial charge in [0.2, 0.25) is 0 Å². The minimum absolute atomic E-state index is 0.0289. The molecule has 1 atom stereocenters. The van der Waals surface area contributed by atoms with Crippen molar-refractivity contribution < 1.29 is 5.17 Å². The number of nitrogens with zero attached hydrogens (tertiary/aromatic N) is 1. The molecule has 0 aliphatic carbocycles. The molecule has 2 N–H and O–H groups in total. The van der Waals surface area contributed by atoms with Crippen LogP contribution < -0.4 is 5.17 Å². The summed E-state index contributed by atoms with van der Waals surface area (Å²) in [6.07, 6.45) is 3.42. The molecule has 1 rings (SSSR count). The second kappa shape index (κ2) is 2.83. The molecule has 1 heterocycles. The van der Waals surface area contributed by atoms with Gasteiger partial charge in [-0.25, -0.2) is 0 Å². The lowest BCUT2D eigenvalue weighted by atomic mass is 10.5. The topological polar surface area (TPSA) is 46.5 Å². The third-order valence-corrected chi connectivity index (χ3v) is 1.25. The number of hydrogen-bond donors (Lipinski definition) is 2. The van der Waals surface area contributed by atoms with Gasteiger partial charge in [0.1, 0.15) is 0 Å². The van der Waals surface area contributed by atoms with Crippen molar-refractivity contribution in [3.63, 3.8) is 0 Å². The molecule has 1 aromatic rings. The Labute approximate surface area is 59.6 Å². The van der Waals surface area contributed by atoms with Gasteiger partial charge in [0.05, 0.1) is 6.20 Å². The van der Waals surface area contributed by atoms with Crippen molar-refractivity contribution in [2.45, 2.75) is 0 Å². The van der Waals surface area contributed by atoms with E-state index in [-0.39, 0.29) is 5.17 Å². The number of H-pyrrole nitrogens is 1. The molecule has 4 heteroatoms. The van der Waals surface area contributed by atoms with Crippen LogP contribution in [0.4, 0.5) is 5.69 Å². The van der Waals surface area contributed by atoms with E-state index < -0.39 is 0 Å². The lowest BCUT2D eigenvalue weighted by Gasteiger charge is -2.25. The third kappa shape index (κ3) is 1.36. The SMILES string of the molecule is CN(C)[NH+]([O-])c1cc[nH]c1. The van der Waals surface area contributed by atoms with Crippen molar-refractivity contribution in [2.75, 3.05) is 14.1 Å². The molecule has 0 radical (unpaired) electrons. The second-order valence-corrected chi connectivity index (χ2v) is 2.30. The molecule has 0 fully saturated rings. The fourth-order valence-electron chi connectivity index (χ4n) is 0.715. The van der Waals surface area contributed by atoms with E-state index in [9.17, 15) is 5.21 Å². The standard InChI is InChI=1S/C6H11N3O/c1-8(2)9(10)6-3-4-7-5-6/h3-5,7,9H,1-2H3.